The van der Waals surface area contributed by atoms with Crippen molar-refractivity contribution in [2.75, 3.05) is 0 Å². The molecule has 0 aromatic rings. The van der Waals surface area contributed by atoms with Crippen LogP contribution in [0.2, 0.25) is 0 Å². The van der Waals surface area contributed by atoms with Crippen LogP contribution in [0, 0.1) is 28.6 Å². The summed E-state index contributed by atoms with van der Waals surface area (Å²) < 4.78 is 0. The third-order valence-corrected chi connectivity index (χ3v) is 5.92. The summed E-state index contributed by atoms with van der Waals surface area (Å²) in [7, 11) is 0. The lowest BCUT2D eigenvalue weighted by Crippen LogP contribution is -2.27. The Hall–Kier alpha value is -0.260. The van der Waals surface area contributed by atoms with E-state index in [2.05, 4.69) is 27.4 Å². The molecule has 15 heavy (non-hydrogen) atoms. The van der Waals surface area contributed by atoms with E-state index in [1.165, 1.54) is 32.1 Å². The van der Waals surface area contributed by atoms with Crippen LogP contribution in [0.5, 0.6) is 0 Å². The molecule has 0 bridgehead atoms. The van der Waals surface area contributed by atoms with Crippen molar-refractivity contribution in [3.05, 3.63) is 12.2 Å². The Labute approximate surface area is 94.1 Å². The minimum Gasteiger partial charge on any atom is -0.0993 e. The first-order valence-corrected chi connectivity index (χ1v) is 6.62. The summed E-state index contributed by atoms with van der Waals surface area (Å²) in [6.45, 7) is 11.8. The van der Waals surface area contributed by atoms with E-state index < -0.39 is 0 Å². The van der Waals surface area contributed by atoms with Gasteiger partial charge in [-0.2, -0.15) is 0 Å². The van der Waals surface area contributed by atoms with Crippen LogP contribution in [0.4, 0.5) is 0 Å². The third-order valence-electron chi connectivity index (χ3n) is 5.92. The zero-order valence-corrected chi connectivity index (χ0v) is 10.5. The third kappa shape index (κ3) is 1.14. The molecule has 0 amide bonds. The second kappa shape index (κ2) is 2.70. The number of allylic oxidation sites excluding steroid dienone is 1. The van der Waals surface area contributed by atoms with E-state index in [1.807, 2.05) is 0 Å². The molecular formula is C15H24. The minimum absolute atomic E-state index is 0.526. The van der Waals surface area contributed by atoms with Crippen molar-refractivity contribution in [2.45, 2.75) is 52.9 Å². The fourth-order valence-electron chi connectivity index (χ4n) is 5.15. The minimum atomic E-state index is 0.526. The Morgan fingerprint density at radius 3 is 2.67 bits per heavy atom. The topological polar surface area (TPSA) is 0 Å². The van der Waals surface area contributed by atoms with Crippen LogP contribution in [0.1, 0.15) is 52.9 Å². The molecular weight excluding hydrogens is 180 g/mol. The highest BCUT2D eigenvalue weighted by Crippen LogP contribution is 2.68. The van der Waals surface area contributed by atoms with Crippen molar-refractivity contribution in [1.82, 2.24) is 0 Å². The van der Waals surface area contributed by atoms with Crippen molar-refractivity contribution in [1.29, 1.82) is 0 Å². The summed E-state index contributed by atoms with van der Waals surface area (Å²) in [4.78, 5) is 0. The average molecular weight is 204 g/mol. The first kappa shape index (κ1) is 9.93. The lowest BCUT2D eigenvalue weighted by atomic mass is 9.70. The quantitative estimate of drug-likeness (QED) is 0.513. The highest BCUT2D eigenvalue weighted by Gasteiger charge is 2.59. The van der Waals surface area contributed by atoms with E-state index in [1.54, 1.807) is 5.57 Å². The molecule has 4 unspecified atom stereocenters. The highest BCUT2D eigenvalue weighted by molar-refractivity contribution is 5.24. The maximum atomic E-state index is 4.38. The standard InChI is InChI=1S/C15H24/c1-10-5-6-12-7-11-8-14(2,3)9-13(11)15(10,12)4/h11-13H,1,5-9H2,2-4H3. The summed E-state index contributed by atoms with van der Waals surface area (Å²) in [5.74, 6) is 2.97. The number of hydrogen-bond donors (Lipinski definition) is 0. The highest BCUT2D eigenvalue weighted by atomic mass is 14.6. The lowest BCUT2D eigenvalue weighted by Gasteiger charge is -2.34. The largest absolute Gasteiger partial charge is 0.0993 e. The summed E-state index contributed by atoms with van der Waals surface area (Å²) >= 11 is 0. The summed E-state index contributed by atoms with van der Waals surface area (Å²) in [5.41, 5.74) is 2.71. The Morgan fingerprint density at radius 2 is 1.93 bits per heavy atom. The van der Waals surface area contributed by atoms with Gasteiger partial charge in [-0.05, 0) is 60.7 Å². The van der Waals surface area contributed by atoms with Gasteiger partial charge in [0.2, 0.25) is 0 Å². The SMILES string of the molecule is C=C1CCC2CC3CC(C)(C)CC3C12C. The average Bonchev–Trinajstić information content (AvgIpc) is 2.65. The Morgan fingerprint density at radius 1 is 1.20 bits per heavy atom. The van der Waals surface area contributed by atoms with E-state index in [4.69, 9.17) is 0 Å². The van der Waals surface area contributed by atoms with Gasteiger partial charge in [0.15, 0.2) is 0 Å². The number of hydrogen-bond acceptors (Lipinski definition) is 0. The zero-order valence-electron chi connectivity index (χ0n) is 10.5. The van der Waals surface area contributed by atoms with Gasteiger partial charge < -0.3 is 0 Å². The smallest absolute Gasteiger partial charge is 0.00595 e. The van der Waals surface area contributed by atoms with Crippen molar-refractivity contribution in [3.8, 4) is 0 Å². The van der Waals surface area contributed by atoms with Crippen LogP contribution >= 0.6 is 0 Å². The van der Waals surface area contributed by atoms with Crippen molar-refractivity contribution in [2.24, 2.45) is 28.6 Å². The van der Waals surface area contributed by atoms with Gasteiger partial charge in [0.25, 0.3) is 0 Å². The predicted molar refractivity (Wildman–Crippen MR) is 64.6 cm³/mol. The molecule has 4 atom stereocenters. The fraction of sp³-hybridized carbons (Fsp3) is 0.867. The van der Waals surface area contributed by atoms with Crippen molar-refractivity contribution in [3.63, 3.8) is 0 Å². The van der Waals surface area contributed by atoms with Gasteiger partial charge in [-0.1, -0.05) is 32.9 Å². The number of fused-ring (bicyclic) bond motifs is 3. The normalized spacial score (nSPS) is 51.9. The second-order valence-corrected chi connectivity index (χ2v) is 7.30. The van der Waals surface area contributed by atoms with Gasteiger partial charge in [0.05, 0.1) is 0 Å². The summed E-state index contributed by atoms with van der Waals surface area (Å²) in [6, 6.07) is 0. The lowest BCUT2D eigenvalue weighted by molar-refractivity contribution is 0.207. The monoisotopic (exact) mass is 204 g/mol. The Balaban J connectivity index is 1.95. The zero-order chi connectivity index (χ0) is 10.8. The molecule has 3 rings (SSSR count). The molecule has 0 saturated heterocycles. The fourth-order valence-corrected chi connectivity index (χ4v) is 5.15. The van der Waals surface area contributed by atoms with Gasteiger partial charge in [-0.15, -0.1) is 0 Å². The second-order valence-electron chi connectivity index (χ2n) is 7.30. The van der Waals surface area contributed by atoms with Gasteiger partial charge >= 0.3 is 0 Å². The van der Waals surface area contributed by atoms with Crippen LogP contribution in [0.3, 0.4) is 0 Å². The van der Waals surface area contributed by atoms with Crippen LogP contribution in [0.25, 0.3) is 0 Å². The molecule has 0 aromatic carbocycles. The summed E-state index contributed by atoms with van der Waals surface area (Å²) in [6.07, 6.45) is 7.16. The summed E-state index contributed by atoms with van der Waals surface area (Å²) in [5, 5.41) is 0. The van der Waals surface area contributed by atoms with Gasteiger partial charge in [-0.3, -0.25) is 0 Å². The molecule has 3 fully saturated rings. The maximum Gasteiger partial charge on any atom is -0.00595 e. The van der Waals surface area contributed by atoms with E-state index in [0.717, 1.165) is 17.8 Å². The molecule has 3 saturated carbocycles. The maximum absolute atomic E-state index is 4.38. The molecule has 0 N–H and O–H groups in total. The van der Waals surface area contributed by atoms with Crippen molar-refractivity contribution >= 4 is 0 Å². The van der Waals surface area contributed by atoms with E-state index in [0.29, 0.717) is 10.8 Å². The predicted octanol–water partition coefficient (Wildman–Crippen LogP) is 4.42. The van der Waals surface area contributed by atoms with Crippen LogP contribution in [-0.4, -0.2) is 0 Å². The Kier molecular flexibility index (Phi) is 1.79. The first-order chi connectivity index (χ1) is 6.93. The molecule has 3 aliphatic carbocycles. The van der Waals surface area contributed by atoms with E-state index in [9.17, 15) is 0 Å². The van der Waals surface area contributed by atoms with E-state index in [-0.39, 0.29) is 0 Å². The van der Waals surface area contributed by atoms with Crippen LogP contribution < -0.4 is 0 Å². The van der Waals surface area contributed by atoms with Gasteiger partial charge in [-0.25, -0.2) is 0 Å². The molecule has 0 heteroatoms. The number of rotatable bonds is 0. The van der Waals surface area contributed by atoms with Crippen LogP contribution in [0.15, 0.2) is 12.2 Å². The van der Waals surface area contributed by atoms with Crippen molar-refractivity contribution < 1.29 is 0 Å². The first-order valence-electron chi connectivity index (χ1n) is 6.62. The molecule has 0 spiro atoms. The Bertz CT molecular complexity index is 312. The van der Waals surface area contributed by atoms with Gasteiger partial charge in [0, 0.05) is 0 Å². The molecule has 0 radical (unpaired) electrons. The molecule has 0 aliphatic heterocycles. The molecule has 0 heterocycles. The molecule has 3 aliphatic rings. The molecule has 84 valence electrons. The molecule has 0 aromatic heterocycles. The molecule has 0 nitrogen and oxygen atoms in total. The van der Waals surface area contributed by atoms with Gasteiger partial charge in [0.1, 0.15) is 0 Å². The van der Waals surface area contributed by atoms with Crippen LogP contribution in [-0.2, 0) is 0 Å². The van der Waals surface area contributed by atoms with E-state index >= 15 is 0 Å².